The minimum atomic E-state index is -1.76. The van der Waals surface area contributed by atoms with Crippen LogP contribution in [-0.4, -0.2) is 118 Å². The molecular formula is C48H76N2O10. The summed E-state index contributed by atoms with van der Waals surface area (Å²) >= 11 is 0. The SMILES string of the molecule is CCCCCCCCC1=C(c2cc(CCCC)cc(CC(O)C(O)C(O)C(O)CO)c2)[N+](=[N-])C(c2cc(CCCC)cc(CC(O)C(O)C(O)C(O)CO)c2)=C1CCCC. The zero-order valence-electron chi connectivity index (χ0n) is 36.6. The van der Waals surface area contributed by atoms with E-state index in [1.807, 2.05) is 24.3 Å². The third-order valence-electron chi connectivity index (χ3n) is 11.8. The Morgan fingerprint density at radius 1 is 0.417 bits per heavy atom. The Hall–Kier alpha value is -2.88. The average molecular weight is 841 g/mol. The Bertz CT molecular complexity index is 1680. The van der Waals surface area contributed by atoms with Gasteiger partial charge in [0.2, 0.25) is 11.4 Å². The largest absolute Gasteiger partial charge is 0.493 e. The van der Waals surface area contributed by atoms with Crippen LogP contribution in [0.4, 0.5) is 0 Å². The maximum atomic E-state index is 12.6. The van der Waals surface area contributed by atoms with Crippen LogP contribution in [0.1, 0.15) is 151 Å². The van der Waals surface area contributed by atoms with Gasteiger partial charge in [0.25, 0.3) is 0 Å². The van der Waals surface area contributed by atoms with E-state index in [1.54, 1.807) is 0 Å². The molecule has 0 fully saturated rings. The zero-order chi connectivity index (χ0) is 44.4. The van der Waals surface area contributed by atoms with E-state index >= 15 is 0 Å². The number of nitrogens with zero attached hydrogens (tertiary/aromatic N) is 2. The van der Waals surface area contributed by atoms with Gasteiger partial charge in [-0.2, -0.15) is 0 Å². The summed E-state index contributed by atoms with van der Waals surface area (Å²) in [4.78, 5) is 0. The van der Waals surface area contributed by atoms with Gasteiger partial charge >= 0.3 is 0 Å². The summed E-state index contributed by atoms with van der Waals surface area (Å²) in [5, 5.41) is 103. The number of hydrogen-bond donors (Lipinski definition) is 10. The van der Waals surface area contributed by atoms with Gasteiger partial charge in [-0.15, -0.1) is 0 Å². The molecule has 0 spiro atoms. The molecule has 1 aliphatic rings. The molecule has 1 heterocycles. The monoisotopic (exact) mass is 841 g/mol. The van der Waals surface area contributed by atoms with Crippen molar-refractivity contribution in [3.63, 3.8) is 0 Å². The van der Waals surface area contributed by atoms with Gasteiger partial charge in [0.15, 0.2) is 0 Å². The van der Waals surface area contributed by atoms with Gasteiger partial charge in [-0.05, 0) is 97.9 Å². The number of rotatable bonds is 30. The lowest BCUT2D eigenvalue weighted by atomic mass is 9.89. The van der Waals surface area contributed by atoms with Crippen molar-refractivity contribution in [2.75, 3.05) is 13.2 Å². The van der Waals surface area contributed by atoms with E-state index in [1.165, 1.54) is 11.1 Å². The molecular weight excluding hydrogens is 765 g/mol. The van der Waals surface area contributed by atoms with Crippen molar-refractivity contribution in [1.82, 2.24) is 0 Å². The number of allylic oxidation sites excluding steroid dienone is 2. The molecule has 8 unspecified atom stereocenters. The number of hydrogen-bond acceptors (Lipinski definition) is 10. The minimum Gasteiger partial charge on any atom is -0.493 e. The van der Waals surface area contributed by atoms with Gasteiger partial charge < -0.3 is 56.6 Å². The lowest BCUT2D eigenvalue weighted by Gasteiger charge is -2.26. The van der Waals surface area contributed by atoms with E-state index in [9.17, 15) is 56.6 Å². The third-order valence-corrected chi connectivity index (χ3v) is 11.8. The average Bonchev–Trinajstić information content (AvgIpc) is 3.53. The molecule has 2 aromatic rings. The van der Waals surface area contributed by atoms with Crippen molar-refractivity contribution >= 4 is 11.4 Å². The van der Waals surface area contributed by atoms with Crippen molar-refractivity contribution in [2.45, 2.75) is 192 Å². The maximum Gasteiger partial charge on any atom is 0.211 e. The summed E-state index contributed by atoms with van der Waals surface area (Å²) in [6.07, 6.45) is 1.64. The summed E-state index contributed by atoms with van der Waals surface area (Å²) in [5.74, 6) is 0. The maximum absolute atomic E-state index is 12.6. The molecule has 0 radical (unpaired) electrons. The Balaban J connectivity index is 2.24. The van der Waals surface area contributed by atoms with Crippen LogP contribution < -0.4 is 0 Å². The second-order valence-corrected chi connectivity index (χ2v) is 16.9. The van der Waals surface area contributed by atoms with E-state index in [0.29, 0.717) is 35.4 Å². The molecule has 0 saturated heterocycles. The molecule has 3 rings (SSSR count). The highest BCUT2D eigenvalue weighted by Gasteiger charge is 2.37. The van der Waals surface area contributed by atoms with Crippen molar-refractivity contribution in [1.29, 1.82) is 0 Å². The summed E-state index contributed by atoms with van der Waals surface area (Å²) in [7, 11) is 0. The molecule has 12 nitrogen and oxygen atoms in total. The summed E-state index contributed by atoms with van der Waals surface area (Å²) < 4.78 is 1.28. The zero-order valence-corrected chi connectivity index (χ0v) is 36.6. The first-order valence-corrected chi connectivity index (χ1v) is 22.6. The number of benzene rings is 2. The lowest BCUT2D eigenvalue weighted by molar-refractivity contribution is -0.345. The van der Waals surface area contributed by atoms with Crippen LogP contribution in [-0.2, 0) is 25.7 Å². The highest BCUT2D eigenvalue weighted by Crippen LogP contribution is 2.45. The smallest absolute Gasteiger partial charge is 0.211 e. The highest BCUT2D eigenvalue weighted by atomic mass is 16.4. The molecule has 0 bridgehead atoms. The number of aryl methyl sites for hydroxylation is 2. The van der Waals surface area contributed by atoms with Crippen LogP contribution in [0.25, 0.3) is 16.9 Å². The van der Waals surface area contributed by atoms with Gasteiger partial charge in [0.1, 0.15) is 36.6 Å². The fourth-order valence-electron chi connectivity index (χ4n) is 8.16. The molecule has 10 N–H and O–H groups in total. The van der Waals surface area contributed by atoms with E-state index in [4.69, 9.17) is 0 Å². The molecule has 12 heteroatoms. The van der Waals surface area contributed by atoms with E-state index < -0.39 is 62.0 Å². The third kappa shape index (κ3) is 14.6. The summed E-state index contributed by atoms with van der Waals surface area (Å²) in [5.41, 5.74) is 20.7. The van der Waals surface area contributed by atoms with Crippen molar-refractivity contribution < 1.29 is 55.8 Å². The van der Waals surface area contributed by atoms with Crippen LogP contribution in [0, 0.1) is 0 Å². The molecule has 2 aromatic carbocycles. The van der Waals surface area contributed by atoms with Gasteiger partial charge in [-0.25, -0.2) is 4.70 Å². The highest BCUT2D eigenvalue weighted by molar-refractivity contribution is 5.82. The first-order chi connectivity index (χ1) is 28.8. The van der Waals surface area contributed by atoms with Crippen LogP contribution in [0.5, 0.6) is 0 Å². The standard InChI is InChI=1S/C48H76N2O10/c1-5-9-13-14-15-16-20-38-37(19-12-8-4)43(35-23-31(17-10-6-2)21-33(25-35)27-39(53)45(57)47(59)41(55)29-51)50(49)44(38)36-24-32(18-11-7-3)22-34(26-36)28-40(54)46(58)48(60)42(56)30-52/h21-26,39-42,45-48,51-60H,5-20,27-30H2,1-4H3. The Labute approximate surface area is 358 Å². The molecule has 8 atom stereocenters. The molecule has 1 aliphatic heterocycles. The Kier molecular flexibility index (Phi) is 22.8. The first-order valence-electron chi connectivity index (χ1n) is 22.6. The second kappa shape index (κ2) is 26.6. The summed E-state index contributed by atoms with van der Waals surface area (Å²) in [6, 6.07) is 11.8. The summed E-state index contributed by atoms with van der Waals surface area (Å²) in [6.45, 7) is 6.97. The van der Waals surface area contributed by atoms with Crippen LogP contribution in [0.2, 0.25) is 0 Å². The Morgan fingerprint density at radius 2 is 0.750 bits per heavy atom. The molecule has 60 heavy (non-hydrogen) atoms. The lowest BCUT2D eigenvalue weighted by Crippen LogP contribution is -2.46. The number of aliphatic hydroxyl groups excluding tert-OH is 10. The molecule has 0 saturated carbocycles. The number of aliphatic hydroxyl groups is 10. The second-order valence-electron chi connectivity index (χ2n) is 16.9. The number of unbranched alkanes of at least 4 members (excludes halogenated alkanes) is 8. The van der Waals surface area contributed by atoms with Gasteiger partial charge in [-0.1, -0.05) is 91.2 Å². The topological polar surface area (TPSA) is 228 Å². The normalized spacial score (nSPS) is 17.5. The van der Waals surface area contributed by atoms with Gasteiger partial charge in [-0.3, -0.25) is 0 Å². The van der Waals surface area contributed by atoms with Crippen molar-refractivity contribution in [2.24, 2.45) is 0 Å². The first kappa shape index (κ1) is 51.5. The van der Waals surface area contributed by atoms with E-state index in [-0.39, 0.29) is 12.8 Å². The van der Waals surface area contributed by atoms with Crippen LogP contribution >= 0.6 is 0 Å². The Morgan fingerprint density at radius 3 is 1.15 bits per heavy atom. The van der Waals surface area contributed by atoms with Gasteiger partial charge in [0, 0.05) is 35.1 Å². The van der Waals surface area contributed by atoms with Crippen molar-refractivity contribution in [3.8, 4) is 0 Å². The molecule has 338 valence electrons. The quantitative estimate of drug-likeness (QED) is 0.0354. The fourth-order valence-corrected chi connectivity index (χ4v) is 8.16. The van der Waals surface area contributed by atoms with E-state index in [0.717, 1.165) is 117 Å². The van der Waals surface area contributed by atoms with Crippen LogP contribution in [0.3, 0.4) is 0 Å². The fraction of sp³-hybridized carbons (Fsp3) is 0.667. The molecule has 0 amide bonds. The van der Waals surface area contributed by atoms with Crippen molar-refractivity contribution in [3.05, 3.63) is 86.5 Å². The van der Waals surface area contributed by atoms with E-state index in [2.05, 4.69) is 39.8 Å². The predicted molar refractivity (Wildman–Crippen MR) is 235 cm³/mol. The minimum absolute atomic E-state index is 0.0567. The van der Waals surface area contributed by atoms with Gasteiger partial charge in [0.05, 0.1) is 25.4 Å². The molecule has 0 aliphatic carbocycles. The van der Waals surface area contributed by atoms with Crippen LogP contribution in [0.15, 0.2) is 47.5 Å². The predicted octanol–water partition coefficient (Wildman–Crippen LogP) is 5.44. The molecule has 0 aromatic heterocycles.